The number of nitrogens with zero attached hydrogens (tertiary/aromatic N) is 2. The molecule has 21 heavy (non-hydrogen) atoms. The summed E-state index contributed by atoms with van der Waals surface area (Å²) in [5, 5.41) is 6.50. The molecule has 0 saturated carbocycles. The average Bonchev–Trinajstić information content (AvgIpc) is 3.06. The smallest absolute Gasteiger partial charge is 0.214 e. The van der Waals surface area contributed by atoms with E-state index in [1.165, 1.54) is 9.75 Å². The molecule has 2 aromatic heterocycles. The summed E-state index contributed by atoms with van der Waals surface area (Å²) >= 11 is 1.83. The molecule has 6 heteroatoms. The van der Waals surface area contributed by atoms with Crippen LogP contribution < -0.4 is 10.6 Å². The van der Waals surface area contributed by atoms with Crippen LogP contribution in [0.25, 0.3) is 0 Å². The fourth-order valence-electron chi connectivity index (χ4n) is 1.87. The molecule has 0 saturated heterocycles. The predicted molar refractivity (Wildman–Crippen MR) is 86.7 cm³/mol. The lowest BCUT2D eigenvalue weighted by atomic mass is 10.4. The summed E-state index contributed by atoms with van der Waals surface area (Å²) in [7, 11) is 1.76. The fourth-order valence-corrected chi connectivity index (χ4v) is 2.77. The minimum absolute atomic E-state index is 0.527. The number of thiophene rings is 1. The first-order valence-corrected chi connectivity index (χ1v) is 7.89. The lowest BCUT2D eigenvalue weighted by Crippen LogP contribution is -2.36. The minimum Gasteiger partial charge on any atom is -0.444 e. The van der Waals surface area contributed by atoms with Crippen LogP contribution in [-0.4, -0.2) is 18.0 Å². The van der Waals surface area contributed by atoms with Gasteiger partial charge < -0.3 is 15.1 Å². The molecular weight excluding hydrogens is 284 g/mol. The Morgan fingerprint density at radius 1 is 1.24 bits per heavy atom. The van der Waals surface area contributed by atoms with Crippen molar-refractivity contribution in [3.8, 4) is 0 Å². The lowest BCUT2D eigenvalue weighted by Gasteiger charge is -2.09. The summed E-state index contributed by atoms with van der Waals surface area (Å²) < 4.78 is 5.54. The van der Waals surface area contributed by atoms with E-state index in [1.54, 1.807) is 7.05 Å². The maximum Gasteiger partial charge on any atom is 0.214 e. The SMILES string of the molecule is CCc1ccc(CNC(=NC)NCc2nc(C)c(C)o2)s1. The maximum absolute atomic E-state index is 5.54. The first-order valence-electron chi connectivity index (χ1n) is 7.07. The van der Waals surface area contributed by atoms with Gasteiger partial charge in [-0.2, -0.15) is 0 Å². The summed E-state index contributed by atoms with van der Waals surface area (Å²) in [6.45, 7) is 7.33. The Labute approximate surface area is 129 Å². The van der Waals surface area contributed by atoms with Crippen LogP contribution in [0.2, 0.25) is 0 Å². The van der Waals surface area contributed by atoms with Crippen molar-refractivity contribution < 1.29 is 4.42 Å². The van der Waals surface area contributed by atoms with Crippen LogP contribution in [0.5, 0.6) is 0 Å². The third-order valence-corrected chi connectivity index (χ3v) is 4.43. The molecule has 2 N–H and O–H groups in total. The predicted octanol–water partition coefficient (Wildman–Crippen LogP) is 2.78. The van der Waals surface area contributed by atoms with E-state index in [-0.39, 0.29) is 0 Å². The van der Waals surface area contributed by atoms with E-state index in [9.17, 15) is 0 Å². The molecule has 0 bridgehead atoms. The van der Waals surface area contributed by atoms with E-state index in [0.29, 0.717) is 12.4 Å². The molecule has 0 aliphatic carbocycles. The van der Waals surface area contributed by atoms with E-state index in [0.717, 1.165) is 30.4 Å². The van der Waals surface area contributed by atoms with Crippen LogP contribution in [0.3, 0.4) is 0 Å². The van der Waals surface area contributed by atoms with Gasteiger partial charge in [-0.15, -0.1) is 11.3 Å². The monoisotopic (exact) mass is 306 g/mol. The van der Waals surface area contributed by atoms with Crippen molar-refractivity contribution in [2.45, 2.75) is 40.3 Å². The van der Waals surface area contributed by atoms with Crippen LogP contribution in [0, 0.1) is 13.8 Å². The zero-order valence-corrected chi connectivity index (χ0v) is 13.8. The van der Waals surface area contributed by atoms with Crippen molar-refractivity contribution in [2.24, 2.45) is 4.99 Å². The molecule has 0 radical (unpaired) electrons. The molecule has 0 aliphatic rings. The molecule has 114 valence electrons. The number of rotatable bonds is 5. The lowest BCUT2D eigenvalue weighted by molar-refractivity contribution is 0.463. The molecule has 0 fully saturated rings. The number of nitrogens with one attached hydrogen (secondary N) is 2. The zero-order chi connectivity index (χ0) is 15.2. The molecule has 5 nitrogen and oxygen atoms in total. The molecule has 0 aromatic carbocycles. The van der Waals surface area contributed by atoms with Crippen molar-refractivity contribution >= 4 is 17.3 Å². The van der Waals surface area contributed by atoms with Crippen molar-refractivity contribution in [1.82, 2.24) is 15.6 Å². The highest BCUT2D eigenvalue weighted by atomic mass is 32.1. The average molecular weight is 306 g/mol. The van der Waals surface area contributed by atoms with Crippen molar-refractivity contribution in [1.29, 1.82) is 0 Å². The second kappa shape index (κ2) is 7.26. The molecule has 2 aromatic rings. The Bertz CT molecular complexity index is 595. The van der Waals surface area contributed by atoms with Crippen molar-refractivity contribution in [3.63, 3.8) is 0 Å². The van der Waals surface area contributed by atoms with Gasteiger partial charge in [0.05, 0.1) is 18.8 Å². The number of aliphatic imine (C=N–C) groups is 1. The Morgan fingerprint density at radius 2 is 1.95 bits per heavy atom. The van der Waals surface area contributed by atoms with Gasteiger partial charge in [0, 0.05) is 16.8 Å². The summed E-state index contributed by atoms with van der Waals surface area (Å²) in [4.78, 5) is 11.2. The maximum atomic E-state index is 5.54. The number of aromatic nitrogens is 1. The van der Waals surface area contributed by atoms with Gasteiger partial charge in [-0.05, 0) is 32.4 Å². The third-order valence-electron chi connectivity index (χ3n) is 3.20. The summed E-state index contributed by atoms with van der Waals surface area (Å²) in [6.07, 6.45) is 1.08. The number of guanidine groups is 1. The van der Waals surface area contributed by atoms with Gasteiger partial charge in [-0.25, -0.2) is 4.98 Å². The minimum atomic E-state index is 0.527. The van der Waals surface area contributed by atoms with Crippen molar-refractivity contribution in [2.75, 3.05) is 7.05 Å². The van der Waals surface area contributed by atoms with Gasteiger partial charge in [0.1, 0.15) is 5.76 Å². The second-order valence-corrected chi connectivity index (χ2v) is 6.00. The normalized spacial score (nSPS) is 11.7. The zero-order valence-electron chi connectivity index (χ0n) is 13.0. The van der Waals surface area contributed by atoms with Crippen LogP contribution in [-0.2, 0) is 19.5 Å². The standard InChI is InChI=1S/C15H22N4OS/c1-5-12-6-7-13(21-12)8-17-15(16-4)18-9-14-19-10(2)11(3)20-14/h6-7H,5,8-9H2,1-4H3,(H2,16,17,18). The summed E-state index contributed by atoms with van der Waals surface area (Å²) in [5.74, 6) is 2.28. The van der Waals surface area contributed by atoms with E-state index in [1.807, 2.05) is 25.2 Å². The Morgan fingerprint density at radius 3 is 2.52 bits per heavy atom. The molecule has 0 aliphatic heterocycles. The Hall–Kier alpha value is -1.82. The Kier molecular flexibility index (Phi) is 5.38. The van der Waals surface area contributed by atoms with Crippen LogP contribution in [0.1, 0.15) is 34.0 Å². The quantitative estimate of drug-likeness (QED) is 0.658. The van der Waals surface area contributed by atoms with Gasteiger partial charge in [-0.3, -0.25) is 4.99 Å². The molecule has 2 rings (SSSR count). The molecular formula is C15H22N4OS. The molecule has 0 amide bonds. The first kappa shape index (κ1) is 15.6. The van der Waals surface area contributed by atoms with E-state index in [2.05, 4.69) is 39.7 Å². The molecule has 2 heterocycles. The molecule has 0 spiro atoms. The van der Waals surface area contributed by atoms with Crippen LogP contribution in [0.4, 0.5) is 0 Å². The highest BCUT2D eigenvalue weighted by molar-refractivity contribution is 7.11. The molecule has 0 unspecified atom stereocenters. The van der Waals surface area contributed by atoms with Gasteiger partial charge in [0.15, 0.2) is 5.96 Å². The van der Waals surface area contributed by atoms with Gasteiger partial charge in [0.25, 0.3) is 0 Å². The topological polar surface area (TPSA) is 62.5 Å². The van der Waals surface area contributed by atoms with E-state index >= 15 is 0 Å². The Balaban J connectivity index is 1.83. The highest BCUT2D eigenvalue weighted by Crippen LogP contribution is 2.16. The van der Waals surface area contributed by atoms with Crippen molar-refractivity contribution in [3.05, 3.63) is 39.2 Å². The van der Waals surface area contributed by atoms with E-state index in [4.69, 9.17) is 4.42 Å². The first-order chi connectivity index (χ1) is 10.1. The van der Waals surface area contributed by atoms with Gasteiger partial charge >= 0.3 is 0 Å². The number of hydrogen-bond acceptors (Lipinski definition) is 4. The summed E-state index contributed by atoms with van der Waals surface area (Å²) in [6, 6.07) is 4.33. The fraction of sp³-hybridized carbons (Fsp3) is 0.467. The van der Waals surface area contributed by atoms with Crippen LogP contribution in [0.15, 0.2) is 21.5 Å². The van der Waals surface area contributed by atoms with Gasteiger partial charge in [0.2, 0.25) is 5.89 Å². The number of aryl methyl sites for hydroxylation is 3. The van der Waals surface area contributed by atoms with E-state index < -0.39 is 0 Å². The summed E-state index contributed by atoms with van der Waals surface area (Å²) in [5.41, 5.74) is 0.931. The highest BCUT2D eigenvalue weighted by Gasteiger charge is 2.06. The second-order valence-electron chi connectivity index (χ2n) is 4.75. The largest absolute Gasteiger partial charge is 0.444 e. The molecule has 0 atom stereocenters. The van der Waals surface area contributed by atoms with Gasteiger partial charge in [-0.1, -0.05) is 6.92 Å². The number of hydrogen-bond donors (Lipinski definition) is 2. The third kappa shape index (κ3) is 4.32. The van der Waals surface area contributed by atoms with Crippen LogP contribution >= 0.6 is 11.3 Å². The number of oxazole rings is 1.